The summed E-state index contributed by atoms with van der Waals surface area (Å²) >= 11 is 9.04. The monoisotopic (exact) mass is 315 g/mol. The van der Waals surface area contributed by atoms with Crippen molar-refractivity contribution in [3.8, 4) is 11.5 Å². The van der Waals surface area contributed by atoms with E-state index in [1.165, 1.54) is 18.2 Å². The van der Waals surface area contributed by atoms with Crippen LogP contribution in [0.4, 0.5) is 10.1 Å². The van der Waals surface area contributed by atoms with E-state index in [-0.39, 0.29) is 5.82 Å². The summed E-state index contributed by atoms with van der Waals surface area (Å²) in [5.41, 5.74) is 6.17. The molecule has 0 saturated heterocycles. The van der Waals surface area contributed by atoms with Gasteiger partial charge in [-0.15, -0.1) is 0 Å². The van der Waals surface area contributed by atoms with Crippen LogP contribution in [0.2, 0.25) is 5.02 Å². The van der Waals surface area contributed by atoms with Crippen molar-refractivity contribution in [1.82, 2.24) is 0 Å². The van der Waals surface area contributed by atoms with Gasteiger partial charge < -0.3 is 10.5 Å². The molecule has 2 N–H and O–H groups in total. The molecule has 0 saturated carbocycles. The number of hydrogen-bond acceptors (Lipinski definition) is 2. The zero-order chi connectivity index (χ0) is 12.4. The lowest BCUT2D eigenvalue weighted by Crippen LogP contribution is -1.93. The van der Waals surface area contributed by atoms with Crippen LogP contribution in [-0.4, -0.2) is 0 Å². The van der Waals surface area contributed by atoms with E-state index in [9.17, 15) is 4.39 Å². The summed E-state index contributed by atoms with van der Waals surface area (Å²) < 4.78 is 18.9. The average molecular weight is 317 g/mol. The third-order valence-electron chi connectivity index (χ3n) is 2.11. The number of rotatable bonds is 2. The number of nitrogen functional groups attached to an aromatic ring is 1. The Balaban J connectivity index is 2.35. The number of anilines is 1. The minimum atomic E-state index is -0.357. The summed E-state index contributed by atoms with van der Waals surface area (Å²) in [7, 11) is 0. The van der Waals surface area contributed by atoms with Gasteiger partial charge >= 0.3 is 0 Å². The molecule has 0 fully saturated rings. The number of para-hydroxylation sites is 1. The fourth-order valence-electron chi connectivity index (χ4n) is 1.29. The second-order valence-electron chi connectivity index (χ2n) is 3.34. The Morgan fingerprint density at radius 3 is 2.65 bits per heavy atom. The van der Waals surface area contributed by atoms with Gasteiger partial charge in [-0.2, -0.15) is 0 Å². The number of ether oxygens (including phenoxy) is 1. The molecule has 0 spiro atoms. The van der Waals surface area contributed by atoms with Gasteiger partial charge in [0.15, 0.2) is 5.75 Å². The highest BCUT2D eigenvalue weighted by Gasteiger charge is 2.08. The van der Waals surface area contributed by atoms with Gasteiger partial charge in [-0.05, 0) is 46.3 Å². The predicted molar refractivity (Wildman–Crippen MR) is 70.0 cm³/mol. The second kappa shape index (κ2) is 4.94. The molecular weight excluding hydrogens is 308 g/mol. The van der Waals surface area contributed by atoms with Crippen molar-refractivity contribution in [2.45, 2.75) is 0 Å². The Morgan fingerprint density at radius 1 is 1.24 bits per heavy atom. The first-order valence-electron chi connectivity index (χ1n) is 4.75. The van der Waals surface area contributed by atoms with Crippen molar-refractivity contribution >= 4 is 33.2 Å². The summed E-state index contributed by atoms with van der Waals surface area (Å²) in [6.45, 7) is 0. The molecular formula is C12H8BrClFNO. The maximum absolute atomic E-state index is 13.0. The van der Waals surface area contributed by atoms with E-state index in [1.54, 1.807) is 18.2 Å². The topological polar surface area (TPSA) is 35.2 Å². The van der Waals surface area contributed by atoms with Crippen molar-refractivity contribution in [3.05, 3.63) is 51.7 Å². The quantitative estimate of drug-likeness (QED) is 0.821. The largest absolute Gasteiger partial charge is 0.454 e. The molecule has 2 rings (SSSR count). The van der Waals surface area contributed by atoms with Crippen LogP contribution in [0.1, 0.15) is 0 Å². The Labute approximate surface area is 111 Å². The van der Waals surface area contributed by atoms with Crippen LogP contribution < -0.4 is 10.5 Å². The normalized spacial score (nSPS) is 10.3. The lowest BCUT2D eigenvalue weighted by molar-refractivity contribution is 0.482. The van der Waals surface area contributed by atoms with Crippen LogP contribution in [0.5, 0.6) is 11.5 Å². The highest BCUT2D eigenvalue weighted by molar-refractivity contribution is 9.10. The van der Waals surface area contributed by atoms with Crippen molar-refractivity contribution in [2.24, 2.45) is 0 Å². The maximum Gasteiger partial charge on any atom is 0.168 e. The summed E-state index contributed by atoms with van der Waals surface area (Å²) in [5, 5.41) is 0.408. The third kappa shape index (κ3) is 2.70. The SMILES string of the molecule is Nc1cccc(Cl)c1Oc1ccc(F)c(Br)c1. The van der Waals surface area contributed by atoms with Crippen molar-refractivity contribution in [2.75, 3.05) is 5.73 Å². The number of nitrogens with two attached hydrogens (primary N) is 1. The van der Waals surface area contributed by atoms with Crippen LogP contribution >= 0.6 is 27.5 Å². The van der Waals surface area contributed by atoms with Gasteiger partial charge in [0, 0.05) is 0 Å². The first-order valence-corrected chi connectivity index (χ1v) is 5.92. The maximum atomic E-state index is 13.0. The fourth-order valence-corrected chi connectivity index (χ4v) is 1.87. The molecule has 17 heavy (non-hydrogen) atoms. The van der Waals surface area contributed by atoms with Crippen LogP contribution in [0.15, 0.2) is 40.9 Å². The number of halogens is 3. The summed E-state index contributed by atoms with van der Waals surface area (Å²) in [6.07, 6.45) is 0. The number of benzene rings is 2. The van der Waals surface area contributed by atoms with Gasteiger partial charge in [0.05, 0.1) is 15.2 Å². The van der Waals surface area contributed by atoms with Crippen molar-refractivity contribution < 1.29 is 9.13 Å². The molecule has 88 valence electrons. The average Bonchev–Trinajstić information content (AvgIpc) is 2.28. The van der Waals surface area contributed by atoms with E-state index in [1.807, 2.05) is 0 Å². The van der Waals surface area contributed by atoms with Gasteiger partial charge in [-0.1, -0.05) is 17.7 Å². The molecule has 5 heteroatoms. The van der Waals surface area contributed by atoms with Crippen molar-refractivity contribution in [1.29, 1.82) is 0 Å². The summed E-state index contributed by atoms with van der Waals surface area (Å²) in [4.78, 5) is 0. The van der Waals surface area contributed by atoms with Gasteiger partial charge in [-0.3, -0.25) is 0 Å². The molecule has 0 aliphatic rings. The van der Waals surface area contributed by atoms with Crippen LogP contribution in [0.25, 0.3) is 0 Å². The van der Waals surface area contributed by atoms with Gasteiger partial charge in [0.2, 0.25) is 0 Å². The second-order valence-corrected chi connectivity index (χ2v) is 4.60. The van der Waals surface area contributed by atoms with Crippen LogP contribution in [0, 0.1) is 5.82 Å². The van der Waals surface area contributed by atoms with Gasteiger partial charge in [0.1, 0.15) is 11.6 Å². The smallest absolute Gasteiger partial charge is 0.168 e. The lowest BCUT2D eigenvalue weighted by atomic mass is 10.3. The van der Waals surface area contributed by atoms with E-state index >= 15 is 0 Å². The van der Waals surface area contributed by atoms with Crippen LogP contribution in [-0.2, 0) is 0 Å². The molecule has 2 nitrogen and oxygen atoms in total. The Hall–Kier alpha value is -1.26. The van der Waals surface area contributed by atoms with E-state index in [2.05, 4.69) is 15.9 Å². The minimum Gasteiger partial charge on any atom is -0.454 e. The molecule has 0 aliphatic carbocycles. The fraction of sp³-hybridized carbons (Fsp3) is 0. The first kappa shape index (κ1) is 12.2. The lowest BCUT2D eigenvalue weighted by Gasteiger charge is -2.10. The van der Waals surface area contributed by atoms with Crippen LogP contribution in [0.3, 0.4) is 0 Å². The zero-order valence-electron chi connectivity index (χ0n) is 8.58. The molecule has 0 aromatic heterocycles. The van der Waals surface area contributed by atoms with Crippen molar-refractivity contribution in [3.63, 3.8) is 0 Å². The standard InChI is InChI=1S/C12H8BrClFNO/c13-8-6-7(4-5-10(8)15)17-12-9(14)2-1-3-11(12)16/h1-6H,16H2. The Bertz CT molecular complexity index is 542. The molecule has 0 unspecified atom stereocenters. The Kier molecular flexibility index (Phi) is 3.54. The molecule has 0 bridgehead atoms. The molecule has 2 aromatic rings. The zero-order valence-corrected chi connectivity index (χ0v) is 10.9. The van der Waals surface area contributed by atoms with E-state index in [0.717, 1.165) is 0 Å². The van der Waals surface area contributed by atoms with E-state index < -0.39 is 0 Å². The van der Waals surface area contributed by atoms with E-state index in [4.69, 9.17) is 22.1 Å². The summed E-state index contributed by atoms with van der Waals surface area (Å²) in [5.74, 6) is 0.468. The minimum absolute atomic E-state index is 0.320. The van der Waals surface area contributed by atoms with Gasteiger partial charge in [-0.25, -0.2) is 4.39 Å². The molecule has 2 aromatic carbocycles. The third-order valence-corrected chi connectivity index (χ3v) is 3.01. The molecule has 0 amide bonds. The molecule has 0 radical (unpaired) electrons. The predicted octanol–water partition coefficient (Wildman–Crippen LogP) is 4.62. The highest BCUT2D eigenvalue weighted by atomic mass is 79.9. The first-order chi connectivity index (χ1) is 8.08. The summed E-state index contributed by atoms with van der Waals surface area (Å²) in [6, 6.07) is 9.39. The van der Waals surface area contributed by atoms with E-state index in [0.29, 0.717) is 26.7 Å². The highest BCUT2D eigenvalue weighted by Crippen LogP contribution is 2.35. The molecule has 0 aliphatic heterocycles. The molecule has 0 heterocycles. The number of hydrogen-bond donors (Lipinski definition) is 1. The van der Waals surface area contributed by atoms with Gasteiger partial charge in [0.25, 0.3) is 0 Å². The molecule has 0 atom stereocenters. The Morgan fingerprint density at radius 2 is 2.00 bits per heavy atom.